The minimum atomic E-state index is 0.109. The van der Waals surface area contributed by atoms with Crippen LogP contribution in [-0.2, 0) is 11.2 Å². The molecule has 88 valence electrons. The Balaban J connectivity index is 2.30. The molecule has 0 fully saturated rings. The normalized spacial score (nSPS) is 10.5. The summed E-state index contributed by atoms with van der Waals surface area (Å²) >= 11 is 3.46. The second-order valence-electron chi connectivity index (χ2n) is 4.11. The van der Waals surface area contributed by atoms with E-state index in [-0.39, 0.29) is 5.78 Å². The number of halogens is 1. The Morgan fingerprint density at radius 1 is 1.29 bits per heavy atom. The molecule has 3 heteroatoms. The monoisotopic (exact) mass is 292 g/mol. The molecule has 0 N–H and O–H groups in total. The molecule has 2 nitrogen and oxygen atoms in total. The number of furan rings is 1. The number of carbonyl (C=O) groups excluding carboxylic acids is 1. The van der Waals surface area contributed by atoms with Crippen LogP contribution < -0.4 is 0 Å². The molecular formula is C14H13BrO2. The van der Waals surface area contributed by atoms with E-state index < -0.39 is 0 Å². The van der Waals surface area contributed by atoms with Gasteiger partial charge in [0.25, 0.3) is 0 Å². The van der Waals surface area contributed by atoms with E-state index in [1.54, 1.807) is 6.92 Å². The standard InChI is InChI=1S/C14H13BrO2/c1-9-7-11(3-5-13(9)15)14-6-4-12(17-14)8-10(2)16/h3-7H,8H2,1-2H3. The van der Waals surface area contributed by atoms with Crippen LogP contribution in [0.3, 0.4) is 0 Å². The molecular weight excluding hydrogens is 280 g/mol. The molecule has 0 bridgehead atoms. The van der Waals surface area contributed by atoms with Crippen LogP contribution in [0.4, 0.5) is 0 Å². The Hall–Kier alpha value is -1.35. The maximum absolute atomic E-state index is 11.0. The summed E-state index contributed by atoms with van der Waals surface area (Å²) < 4.78 is 6.72. The Morgan fingerprint density at radius 3 is 2.71 bits per heavy atom. The number of aryl methyl sites for hydroxylation is 1. The maximum atomic E-state index is 11.0. The highest BCUT2D eigenvalue weighted by molar-refractivity contribution is 9.10. The minimum Gasteiger partial charge on any atom is -0.461 e. The number of Topliss-reactive ketones (excluding diaryl/α,β-unsaturated/α-hetero) is 1. The molecule has 2 rings (SSSR count). The molecule has 0 amide bonds. The summed E-state index contributed by atoms with van der Waals surface area (Å²) in [5.41, 5.74) is 2.19. The van der Waals surface area contributed by atoms with Crippen molar-refractivity contribution in [1.29, 1.82) is 0 Å². The quantitative estimate of drug-likeness (QED) is 0.851. The number of rotatable bonds is 3. The van der Waals surface area contributed by atoms with Crippen LogP contribution in [-0.4, -0.2) is 5.78 Å². The summed E-state index contributed by atoms with van der Waals surface area (Å²) in [4.78, 5) is 11.0. The van der Waals surface area contributed by atoms with Gasteiger partial charge in [0.05, 0.1) is 6.42 Å². The first-order valence-corrected chi connectivity index (χ1v) is 6.20. The van der Waals surface area contributed by atoms with Crippen LogP contribution in [0.2, 0.25) is 0 Å². The molecule has 1 aromatic carbocycles. The summed E-state index contributed by atoms with van der Waals surface area (Å²) in [5.74, 6) is 1.63. The minimum absolute atomic E-state index is 0.109. The molecule has 0 radical (unpaired) electrons. The summed E-state index contributed by atoms with van der Waals surface area (Å²) in [7, 11) is 0. The van der Waals surface area contributed by atoms with E-state index in [2.05, 4.69) is 22.0 Å². The van der Waals surface area contributed by atoms with Gasteiger partial charge in [-0.3, -0.25) is 4.79 Å². The number of ketones is 1. The predicted octanol–water partition coefficient (Wildman–Crippen LogP) is 4.15. The highest BCUT2D eigenvalue weighted by Gasteiger charge is 2.07. The highest BCUT2D eigenvalue weighted by Crippen LogP contribution is 2.26. The van der Waals surface area contributed by atoms with Crippen LogP contribution in [0.1, 0.15) is 18.2 Å². The first kappa shape index (κ1) is 12.1. The number of hydrogen-bond donors (Lipinski definition) is 0. The van der Waals surface area contributed by atoms with Gasteiger partial charge in [-0.25, -0.2) is 0 Å². The van der Waals surface area contributed by atoms with E-state index in [1.165, 1.54) is 0 Å². The Labute approximate surface area is 109 Å². The van der Waals surface area contributed by atoms with Gasteiger partial charge in [0, 0.05) is 10.0 Å². The van der Waals surface area contributed by atoms with E-state index >= 15 is 0 Å². The molecule has 0 unspecified atom stereocenters. The van der Waals surface area contributed by atoms with Crippen LogP contribution in [0.5, 0.6) is 0 Å². The van der Waals surface area contributed by atoms with Crippen molar-refractivity contribution < 1.29 is 9.21 Å². The topological polar surface area (TPSA) is 30.2 Å². The summed E-state index contributed by atoms with van der Waals surface area (Å²) in [6.07, 6.45) is 0.357. The lowest BCUT2D eigenvalue weighted by Crippen LogP contribution is -1.93. The van der Waals surface area contributed by atoms with Gasteiger partial charge in [0.2, 0.25) is 0 Å². The molecule has 0 atom stereocenters. The van der Waals surface area contributed by atoms with E-state index in [4.69, 9.17) is 4.42 Å². The molecule has 1 aromatic heterocycles. The lowest BCUT2D eigenvalue weighted by Gasteiger charge is -2.01. The zero-order chi connectivity index (χ0) is 12.4. The molecule has 0 aliphatic carbocycles. The zero-order valence-electron chi connectivity index (χ0n) is 9.79. The van der Waals surface area contributed by atoms with Gasteiger partial charge >= 0.3 is 0 Å². The van der Waals surface area contributed by atoms with E-state index in [0.717, 1.165) is 21.4 Å². The van der Waals surface area contributed by atoms with Gasteiger partial charge in [-0.1, -0.05) is 22.0 Å². The maximum Gasteiger partial charge on any atom is 0.137 e. The van der Waals surface area contributed by atoms with Gasteiger partial charge in [-0.2, -0.15) is 0 Å². The second kappa shape index (κ2) is 4.88. The number of benzene rings is 1. The first-order chi connectivity index (χ1) is 8.06. The lowest BCUT2D eigenvalue weighted by atomic mass is 10.1. The second-order valence-corrected chi connectivity index (χ2v) is 4.96. The fourth-order valence-corrected chi connectivity index (χ4v) is 1.92. The van der Waals surface area contributed by atoms with E-state index in [9.17, 15) is 4.79 Å². The van der Waals surface area contributed by atoms with Crippen molar-refractivity contribution in [3.63, 3.8) is 0 Å². The predicted molar refractivity (Wildman–Crippen MR) is 71.0 cm³/mol. The van der Waals surface area contributed by atoms with Gasteiger partial charge in [-0.15, -0.1) is 0 Å². The molecule has 1 heterocycles. The highest BCUT2D eigenvalue weighted by atomic mass is 79.9. The van der Waals surface area contributed by atoms with E-state index in [0.29, 0.717) is 12.2 Å². The van der Waals surface area contributed by atoms with Crippen LogP contribution in [0.25, 0.3) is 11.3 Å². The fraction of sp³-hybridized carbons (Fsp3) is 0.214. The van der Waals surface area contributed by atoms with E-state index in [1.807, 2.05) is 31.2 Å². The van der Waals surface area contributed by atoms with Gasteiger partial charge in [0.15, 0.2) is 0 Å². The molecule has 0 aliphatic heterocycles. The van der Waals surface area contributed by atoms with Crippen LogP contribution >= 0.6 is 15.9 Å². The third-order valence-electron chi connectivity index (χ3n) is 2.53. The molecule has 0 aliphatic rings. The summed E-state index contributed by atoms with van der Waals surface area (Å²) in [6, 6.07) is 9.81. The number of hydrogen-bond acceptors (Lipinski definition) is 2. The average molecular weight is 293 g/mol. The van der Waals surface area contributed by atoms with Gasteiger partial charge < -0.3 is 4.42 Å². The smallest absolute Gasteiger partial charge is 0.137 e. The summed E-state index contributed by atoms with van der Waals surface area (Å²) in [6.45, 7) is 3.60. The molecule has 0 spiro atoms. The summed E-state index contributed by atoms with van der Waals surface area (Å²) in [5, 5.41) is 0. The van der Waals surface area contributed by atoms with Gasteiger partial charge in [0.1, 0.15) is 17.3 Å². The van der Waals surface area contributed by atoms with Crippen molar-refractivity contribution in [3.8, 4) is 11.3 Å². The third kappa shape index (κ3) is 2.86. The SMILES string of the molecule is CC(=O)Cc1ccc(-c2ccc(Br)c(C)c2)o1. The lowest BCUT2D eigenvalue weighted by molar-refractivity contribution is -0.116. The largest absolute Gasteiger partial charge is 0.461 e. The molecule has 0 saturated heterocycles. The van der Waals surface area contributed by atoms with Crippen molar-refractivity contribution in [2.75, 3.05) is 0 Å². The van der Waals surface area contributed by atoms with Crippen molar-refractivity contribution in [3.05, 3.63) is 46.1 Å². The Morgan fingerprint density at radius 2 is 2.06 bits per heavy atom. The Kier molecular flexibility index (Phi) is 3.48. The van der Waals surface area contributed by atoms with Crippen molar-refractivity contribution in [2.24, 2.45) is 0 Å². The van der Waals surface area contributed by atoms with Crippen molar-refractivity contribution >= 4 is 21.7 Å². The molecule has 0 saturated carbocycles. The Bertz CT molecular complexity index is 555. The molecule has 2 aromatic rings. The fourth-order valence-electron chi connectivity index (χ4n) is 1.67. The van der Waals surface area contributed by atoms with Gasteiger partial charge in [-0.05, 0) is 43.7 Å². The number of carbonyl (C=O) groups is 1. The zero-order valence-corrected chi connectivity index (χ0v) is 11.4. The third-order valence-corrected chi connectivity index (χ3v) is 3.42. The van der Waals surface area contributed by atoms with Crippen LogP contribution in [0, 0.1) is 6.92 Å². The van der Waals surface area contributed by atoms with Crippen molar-refractivity contribution in [2.45, 2.75) is 20.3 Å². The van der Waals surface area contributed by atoms with Crippen LogP contribution in [0.15, 0.2) is 39.2 Å². The molecule has 17 heavy (non-hydrogen) atoms. The average Bonchev–Trinajstić information content (AvgIpc) is 2.69. The first-order valence-electron chi connectivity index (χ1n) is 5.41. The van der Waals surface area contributed by atoms with Crippen molar-refractivity contribution in [1.82, 2.24) is 0 Å².